The number of hydrogen-bond acceptors (Lipinski definition) is 4. The van der Waals surface area contributed by atoms with E-state index in [4.69, 9.17) is 5.11 Å². The minimum Gasteiger partial charge on any atom is -0.395 e. The van der Waals surface area contributed by atoms with Crippen LogP contribution in [-0.4, -0.2) is 48.2 Å². The van der Waals surface area contributed by atoms with Crippen molar-refractivity contribution in [3.63, 3.8) is 0 Å². The molecule has 1 saturated carbocycles. The van der Waals surface area contributed by atoms with E-state index in [0.717, 1.165) is 4.88 Å². The molecule has 1 aromatic rings. The second-order valence-corrected chi connectivity index (χ2v) is 6.48. The fraction of sp³-hybridized carbons (Fsp3) is 0.562. The van der Waals surface area contributed by atoms with E-state index in [9.17, 15) is 4.79 Å². The summed E-state index contributed by atoms with van der Waals surface area (Å²) < 4.78 is 0. The van der Waals surface area contributed by atoms with Crippen LogP contribution in [0.3, 0.4) is 0 Å². The molecule has 114 valence electrons. The molecule has 0 saturated heterocycles. The third-order valence-electron chi connectivity index (χ3n) is 3.65. The maximum atomic E-state index is 12.1. The van der Waals surface area contributed by atoms with Gasteiger partial charge in [0.05, 0.1) is 16.4 Å². The first-order valence-electron chi connectivity index (χ1n) is 7.31. The molecule has 0 bridgehead atoms. The van der Waals surface area contributed by atoms with Gasteiger partial charge in [0.2, 0.25) is 0 Å². The maximum absolute atomic E-state index is 12.1. The van der Waals surface area contributed by atoms with Gasteiger partial charge in [-0.1, -0.05) is 11.8 Å². The molecule has 1 amide bonds. The van der Waals surface area contributed by atoms with Crippen LogP contribution in [0.4, 0.5) is 0 Å². The van der Waals surface area contributed by atoms with Crippen LogP contribution in [0.5, 0.6) is 0 Å². The minimum absolute atomic E-state index is 0.0359. The van der Waals surface area contributed by atoms with E-state index in [1.54, 1.807) is 6.07 Å². The molecule has 1 aliphatic carbocycles. The van der Waals surface area contributed by atoms with Crippen LogP contribution >= 0.6 is 11.3 Å². The van der Waals surface area contributed by atoms with E-state index in [-0.39, 0.29) is 12.5 Å². The average Bonchev–Trinajstić information content (AvgIpc) is 3.23. The van der Waals surface area contributed by atoms with E-state index < -0.39 is 0 Å². The van der Waals surface area contributed by atoms with Gasteiger partial charge in [-0.15, -0.1) is 11.3 Å². The van der Waals surface area contributed by atoms with Crippen LogP contribution in [-0.2, 0) is 0 Å². The molecule has 0 radical (unpaired) electrons. The number of nitrogens with one attached hydrogen (secondary N) is 1. The zero-order chi connectivity index (χ0) is 15.2. The zero-order valence-electron chi connectivity index (χ0n) is 12.6. The van der Waals surface area contributed by atoms with Gasteiger partial charge >= 0.3 is 0 Å². The molecule has 1 atom stereocenters. The normalized spacial score (nSPS) is 15.4. The molecule has 1 heterocycles. The van der Waals surface area contributed by atoms with E-state index in [0.29, 0.717) is 29.9 Å². The Hall–Kier alpha value is -1.35. The summed E-state index contributed by atoms with van der Waals surface area (Å²) in [4.78, 5) is 16.0. The highest BCUT2D eigenvalue weighted by atomic mass is 32.1. The topological polar surface area (TPSA) is 52.6 Å². The first kappa shape index (κ1) is 16.0. The molecule has 0 aliphatic heterocycles. The number of thiophene rings is 1. The number of rotatable bonds is 6. The standard InChI is InChI=1S/C16H22N2O2S/c1-12(18(2)13-6-7-13)11-17-16(20)15-9-8-14(21-15)5-3-4-10-19/h8-9,12-13,19H,4,6-7,10-11H2,1-2H3,(H,17,20). The molecule has 2 rings (SSSR count). The molecular weight excluding hydrogens is 284 g/mol. The predicted octanol–water partition coefficient (Wildman–Crippen LogP) is 1.69. The predicted molar refractivity (Wildman–Crippen MR) is 85.5 cm³/mol. The van der Waals surface area contributed by atoms with Crippen LogP contribution in [0, 0.1) is 11.8 Å². The smallest absolute Gasteiger partial charge is 0.261 e. The van der Waals surface area contributed by atoms with Gasteiger partial charge in [0.1, 0.15) is 0 Å². The number of nitrogens with zero attached hydrogens (tertiary/aromatic N) is 1. The summed E-state index contributed by atoms with van der Waals surface area (Å²) >= 11 is 1.39. The molecule has 1 aromatic heterocycles. The van der Waals surface area contributed by atoms with Crippen molar-refractivity contribution in [2.75, 3.05) is 20.2 Å². The number of aliphatic hydroxyl groups excluding tert-OH is 1. The minimum atomic E-state index is -0.0359. The Kier molecular flexibility index (Phi) is 5.80. The number of carbonyl (C=O) groups excluding carboxylic acids is 1. The summed E-state index contributed by atoms with van der Waals surface area (Å²) in [5.74, 6) is 5.77. The Morgan fingerprint density at radius 1 is 1.57 bits per heavy atom. The zero-order valence-corrected chi connectivity index (χ0v) is 13.4. The largest absolute Gasteiger partial charge is 0.395 e. The van der Waals surface area contributed by atoms with Crippen LogP contribution in [0.25, 0.3) is 0 Å². The summed E-state index contributed by atoms with van der Waals surface area (Å²) in [5.41, 5.74) is 0. The fourth-order valence-corrected chi connectivity index (χ4v) is 2.84. The molecule has 4 nitrogen and oxygen atoms in total. The van der Waals surface area contributed by atoms with Crippen LogP contribution in [0.2, 0.25) is 0 Å². The number of hydrogen-bond donors (Lipinski definition) is 2. The molecule has 1 aliphatic rings. The van der Waals surface area contributed by atoms with Gasteiger partial charge in [-0.2, -0.15) is 0 Å². The lowest BCUT2D eigenvalue weighted by Gasteiger charge is -2.24. The lowest BCUT2D eigenvalue weighted by atomic mass is 10.3. The van der Waals surface area contributed by atoms with Crippen molar-refractivity contribution in [2.45, 2.75) is 38.3 Å². The molecular formula is C16H22N2O2S. The number of likely N-dealkylation sites (N-methyl/N-ethyl adjacent to an activating group) is 1. The quantitative estimate of drug-likeness (QED) is 0.787. The van der Waals surface area contributed by atoms with Gasteiger partial charge < -0.3 is 10.4 Å². The van der Waals surface area contributed by atoms with Crippen LogP contribution < -0.4 is 5.32 Å². The summed E-state index contributed by atoms with van der Waals surface area (Å²) in [5, 5.41) is 11.7. The van der Waals surface area contributed by atoms with Gasteiger partial charge in [0.15, 0.2) is 0 Å². The van der Waals surface area contributed by atoms with Crippen molar-refractivity contribution in [2.24, 2.45) is 0 Å². The summed E-state index contributed by atoms with van der Waals surface area (Å²) in [6.45, 7) is 2.87. The maximum Gasteiger partial charge on any atom is 0.261 e. The van der Waals surface area contributed by atoms with E-state index in [1.807, 2.05) is 6.07 Å². The van der Waals surface area contributed by atoms with Crippen molar-refractivity contribution in [1.29, 1.82) is 0 Å². The summed E-state index contributed by atoms with van der Waals surface area (Å²) in [7, 11) is 2.12. The van der Waals surface area contributed by atoms with Crippen LogP contribution in [0.15, 0.2) is 12.1 Å². The lowest BCUT2D eigenvalue weighted by molar-refractivity contribution is 0.0943. The Morgan fingerprint density at radius 2 is 2.33 bits per heavy atom. The lowest BCUT2D eigenvalue weighted by Crippen LogP contribution is -2.41. The van der Waals surface area contributed by atoms with E-state index >= 15 is 0 Å². The Labute approximate surface area is 130 Å². The van der Waals surface area contributed by atoms with Gasteiger partial charge in [-0.25, -0.2) is 0 Å². The SMILES string of the molecule is CC(CNC(=O)c1ccc(C#CCCO)s1)N(C)C1CC1. The average molecular weight is 306 g/mol. The molecule has 0 aromatic carbocycles. The van der Waals surface area contributed by atoms with Crippen molar-refractivity contribution in [3.8, 4) is 11.8 Å². The highest BCUT2D eigenvalue weighted by Crippen LogP contribution is 2.26. The van der Waals surface area contributed by atoms with Crippen molar-refractivity contribution in [3.05, 3.63) is 21.9 Å². The number of carbonyl (C=O) groups is 1. The first-order chi connectivity index (χ1) is 10.1. The Bertz CT molecular complexity index is 540. The Balaban J connectivity index is 1.81. The van der Waals surface area contributed by atoms with Crippen molar-refractivity contribution in [1.82, 2.24) is 10.2 Å². The van der Waals surface area contributed by atoms with Crippen LogP contribution in [0.1, 0.15) is 40.7 Å². The molecule has 5 heteroatoms. The first-order valence-corrected chi connectivity index (χ1v) is 8.13. The second-order valence-electron chi connectivity index (χ2n) is 5.39. The van der Waals surface area contributed by atoms with Crippen molar-refractivity contribution < 1.29 is 9.90 Å². The third-order valence-corrected chi connectivity index (χ3v) is 4.65. The second kappa shape index (κ2) is 7.60. The van der Waals surface area contributed by atoms with Gasteiger partial charge in [0, 0.05) is 25.0 Å². The molecule has 1 fully saturated rings. The highest BCUT2D eigenvalue weighted by Gasteiger charge is 2.29. The van der Waals surface area contributed by atoms with Crippen molar-refractivity contribution >= 4 is 17.2 Å². The Morgan fingerprint density at radius 3 is 3.00 bits per heavy atom. The fourth-order valence-electron chi connectivity index (χ4n) is 2.05. The van der Waals surface area contributed by atoms with E-state index in [2.05, 4.69) is 36.0 Å². The van der Waals surface area contributed by atoms with E-state index in [1.165, 1.54) is 24.2 Å². The van der Waals surface area contributed by atoms with Gasteiger partial charge in [-0.3, -0.25) is 9.69 Å². The van der Waals surface area contributed by atoms with Gasteiger partial charge in [-0.05, 0) is 38.9 Å². The number of aliphatic hydroxyl groups is 1. The molecule has 21 heavy (non-hydrogen) atoms. The summed E-state index contributed by atoms with van der Waals surface area (Å²) in [6, 6.07) is 4.71. The molecule has 0 spiro atoms. The molecule has 2 N–H and O–H groups in total. The number of amides is 1. The molecule has 1 unspecified atom stereocenters. The monoisotopic (exact) mass is 306 g/mol. The highest BCUT2D eigenvalue weighted by molar-refractivity contribution is 7.14. The third kappa shape index (κ3) is 4.85. The summed E-state index contributed by atoms with van der Waals surface area (Å²) in [6.07, 6.45) is 3.01. The van der Waals surface area contributed by atoms with Gasteiger partial charge in [0.25, 0.3) is 5.91 Å².